The minimum Gasteiger partial charge on any atom is -0.387 e. The summed E-state index contributed by atoms with van der Waals surface area (Å²) in [4.78, 5) is 2.18. The van der Waals surface area contributed by atoms with Crippen molar-refractivity contribution < 1.29 is 5.11 Å². The van der Waals surface area contributed by atoms with Crippen molar-refractivity contribution in [1.82, 2.24) is 4.90 Å². The molecule has 2 rings (SSSR count). The second-order valence-electron chi connectivity index (χ2n) is 5.12. The molecule has 4 heteroatoms. The zero-order valence-electron chi connectivity index (χ0n) is 10.1. The number of halogens is 2. The molecule has 1 aromatic rings. The van der Waals surface area contributed by atoms with Gasteiger partial charge in [0.15, 0.2) is 0 Å². The summed E-state index contributed by atoms with van der Waals surface area (Å²) in [5, 5.41) is 11.4. The fourth-order valence-electron chi connectivity index (χ4n) is 2.12. The third-order valence-electron chi connectivity index (χ3n) is 3.50. The average molecular weight is 274 g/mol. The molecule has 0 unspecified atom stereocenters. The zero-order valence-corrected chi connectivity index (χ0v) is 11.6. The summed E-state index contributed by atoms with van der Waals surface area (Å²) < 4.78 is 0. The van der Waals surface area contributed by atoms with Crippen LogP contribution in [0, 0.1) is 5.92 Å². The summed E-state index contributed by atoms with van der Waals surface area (Å²) in [7, 11) is 0. The van der Waals surface area contributed by atoms with Crippen molar-refractivity contribution in [3.63, 3.8) is 0 Å². The molecule has 1 aromatic carbocycles. The van der Waals surface area contributed by atoms with E-state index in [1.165, 1.54) is 0 Å². The van der Waals surface area contributed by atoms with Crippen LogP contribution in [0.1, 0.15) is 19.4 Å². The van der Waals surface area contributed by atoms with Gasteiger partial charge in [-0.15, -0.1) is 0 Å². The van der Waals surface area contributed by atoms with Crippen molar-refractivity contribution in [2.24, 2.45) is 5.92 Å². The Balaban J connectivity index is 1.99. The second-order valence-corrected chi connectivity index (χ2v) is 5.90. The van der Waals surface area contributed by atoms with Crippen LogP contribution < -0.4 is 0 Å². The molecular weight excluding hydrogens is 257 g/mol. The van der Waals surface area contributed by atoms with Gasteiger partial charge in [-0.2, -0.15) is 0 Å². The van der Waals surface area contributed by atoms with Crippen LogP contribution in [-0.4, -0.2) is 28.7 Å². The topological polar surface area (TPSA) is 23.5 Å². The minimum absolute atomic E-state index is 0.286. The standard InChI is InChI=1S/C13H17Cl2NO/c1-9(2)13(17)7-16(8-13)6-10-4-3-5-11(14)12(10)15/h3-5,9,17H,6-8H2,1-2H3. The lowest BCUT2D eigenvalue weighted by Gasteiger charge is -2.49. The van der Waals surface area contributed by atoms with Gasteiger partial charge in [0.25, 0.3) is 0 Å². The molecule has 0 saturated carbocycles. The molecule has 1 saturated heterocycles. The quantitative estimate of drug-likeness (QED) is 0.915. The van der Waals surface area contributed by atoms with E-state index in [0.717, 1.165) is 12.1 Å². The Hall–Kier alpha value is -0.280. The zero-order chi connectivity index (χ0) is 12.6. The fourth-order valence-corrected chi connectivity index (χ4v) is 2.50. The Labute approximate surface area is 112 Å². The highest BCUT2D eigenvalue weighted by Gasteiger charge is 2.43. The average Bonchev–Trinajstić information content (AvgIpc) is 2.22. The van der Waals surface area contributed by atoms with Gasteiger partial charge in [-0.1, -0.05) is 49.2 Å². The lowest BCUT2D eigenvalue weighted by atomic mass is 9.83. The SMILES string of the molecule is CC(C)C1(O)CN(Cc2cccc(Cl)c2Cl)C1. The number of hydrogen-bond acceptors (Lipinski definition) is 2. The van der Waals surface area contributed by atoms with E-state index in [-0.39, 0.29) is 5.92 Å². The maximum Gasteiger partial charge on any atom is 0.0923 e. The molecule has 0 aliphatic carbocycles. The minimum atomic E-state index is -0.537. The van der Waals surface area contributed by atoms with Crippen molar-refractivity contribution in [3.05, 3.63) is 33.8 Å². The summed E-state index contributed by atoms with van der Waals surface area (Å²) in [6, 6.07) is 5.66. The van der Waals surface area contributed by atoms with E-state index in [1.54, 1.807) is 6.07 Å². The van der Waals surface area contributed by atoms with E-state index in [4.69, 9.17) is 23.2 Å². The van der Waals surface area contributed by atoms with Crippen LogP contribution in [0.4, 0.5) is 0 Å². The third kappa shape index (κ3) is 2.60. The van der Waals surface area contributed by atoms with Crippen LogP contribution in [0.5, 0.6) is 0 Å². The first kappa shape index (κ1) is 13.2. The van der Waals surface area contributed by atoms with Crippen molar-refractivity contribution in [2.45, 2.75) is 26.0 Å². The Bertz CT molecular complexity index is 414. The maximum absolute atomic E-state index is 10.2. The first-order chi connectivity index (χ1) is 7.92. The van der Waals surface area contributed by atoms with Crippen LogP contribution in [0.15, 0.2) is 18.2 Å². The van der Waals surface area contributed by atoms with Crippen molar-refractivity contribution in [1.29, 1.82) is 0 Å². The largest absolute Gasteiger partial charge is 0.387 e. The molecular formula is C13H17Cl2NO. The van der Waals surface area contributed by atoms with Gasteiger partial charge in [0, 0.05) is 19.6 Å². The molecule has 1 fully saturated rings. The van der Waals surface area contributed by atoms with E-state index in [1.807, 2.05) is 26.0 Å². The maximum atomic E-state index is 10.2. The summed E-state index contributed by atoms with van der Waals surface area (Å²) in [6.07, 6.45) is 0. The Morgan fingerprint density at radius 1 is 1.35 bits per heavy atom. The van der Waals surface area contributed by atoms with Gasteiger partial charge in [0.2, 0.25) is 0 Å². The van der Waals surface area contributed by atoms with E-state index in [0.29, 0.717) is 23.1 Å². The van der Waals surface area contributed by atoms with Crippen molar-refractivity contribution in [2.75, 3.05) is 13.1 Å². The molecule has 17 heavy (non-hydrogen) atoms. The molecule has 94 valence electrons. The monoisotopic (exact) mass is 273 g/mol. The van der Waals surface area contributed by atoms with Crippen LogP contribution in [0.2, 0.25) is 10.0 Å². The number of rotatable bonds is 3. The van der Waals surface area contributed by atoms with E-state index >= 15 is 0 Å². The van der Waals surface area contributed by atoms with Crippen LogP contribution in [-0.2, 0) is 6.54 Å². The van der Waals surface area contributed by atoms with Gasteiger partial charge >= 0.3 is 0 Å². The van der Waals surface area contributed by atoms with E-state index < -0.39 is 5.60 Å². The molecule has 0 radical (unpaired) electrons. The first-order valence-electron chi connectivity index (χ1n) is 5.80. The lowest BCUT2D eigenvalue weighted by molar-refractivity contribution is -0.130. The van der Waals surface area contributed by atoms with Crippen molar-refractivity contribution >= 4 is 23.2 Å². The van der Waals surface area contributed by atoms with Crippen LogP contribution in [0.3, 0.4) is 0 Å². The Morgan fingerprint density at radius 2 is 2.00 bits per heavy atom. The van der Waals surface area contributed by atoms with Gasteiger partial charge in [0.05, 0.1) is 15.6 Å². The summed E-state index contributed by atoms with van der Waals surface area (Å²) in [5.41, 5.74) is 0.482. The van der Waals surface area contributed by atoms with Gasteiger partial charge in [-0.05, 0) is 17.5 Å². The normalized spacial score (nSPS) is 19.4. The molecule has 1 heterocycles. The highest BCUT2D eigenvalue weighted by Crippen LogP contribution is 2.32. The van der Waals surface area contributed by atoms with Gasteiger partial charge < -0.3 is 5.11 Å². The fraction of sp³-hybridized carbons (Fsp3) is 0.538. The molecule has 0 atom stereocenters. The van der Waals surface area contributed by atoms with Crippen LogP contribution in [0.25, 0.3) is 0 Å². The number of likely N-dealkylation sites (tertiary alicyclic amines) is 1. The Kier molecular flexibility index (Phi) is 3.69. The van der Waals surface area contributed by atoms with Gasteiger partial charge in [-0.3, -0.25) is 4.90 Å². The predicted octanol–water partition coefficient (Wildman–Crippen LogP) is 3.20. The third-order valence-corrected chi connectivity index (χ3v) is 4.35. The van der Waals surface area contributed by atoms with Crippen LogP contribution >= 0.6 is 23.2 Å². The summed E-state index contributed by atoms with van der Waals surface area (Å²) in [5.74, 6) is 0.286. The number of hydrogen-bond donors (Lipinski definition) is 1. The van der Waals surface area contributed by atoms with E-state index in [2.05, 4.69) is 4.90 Å². The molecule has 1 N–H and O–H groups in total. The molecule has 1 aliphatic heterocycles. The highest BCUT2D eigenvalue weighted by atomic mass is 35.5. The number of β-amino-alcohol motifs (C(OH)–C–C–N with tert-alkyl or cyclic N) is 1. The summed E-state index contributed by atoms with van der Waals surface area (Å²) >= 11 is 12.1. The highest BCUT2D eigenvalue weighted by molar-refractivity contribution is 6.42. The molecule has 0 bridgehead atoms. The number of benzene rings is 1. The van der Waals surface area contributed by atoms with Gasteiger partial charge in [0.1, 0.15) is 0 Å². The molecule has 0 spiro atoms. The second kappa shape index (κ2) is 4.77. The number of aliphatic hydroxyl groups is 1. The molecule has 1 aliphatic rings. The molecule has 0 aromatic heterocycles. The molecule has 0 amide bonds. The molecule has 2 nitrogen and oxygen atoms in total. The van der Waals surface area contributed by atoms with Crippen molar-refractivity contribution in [3.8, 4) is 0 Å². The Morgan fingerprint density at radius 3 is 2.59 bits per heavy atom. The van der Waals surface area contributed by atoms with Gasteiger partial charge in [-0.25, -0.2) is 0 Å². The van der Waals surface area contributed by atoms with E-state index in [9.17, 15) is 5.11 Å². The summed E-state index contributed by atoms with van der Waals surface area (Å²) in [6.45, 7) is 6.24. The number of nitrogens with zero attached hydrogens (tertiary/aromatic N) is 1. The first-order valence-corrected chi connectivity index (χ1v) is 6.55. The predicted molar refractivity (Wildman–Crippen MR) is 71.5 cm³/mol. The lowest BCUT2D eigenvalue weighted by Crippen LogP contribution is -2.63. The smallest absolute Gasteiger partial charge is 0.0923 e.